The summed E-state index contributed by atoms with van der Waals surface area (Å²) < 4.78 is 15.4. The van der Waals surface area contributed by atoms with E-state index in [1.54, 1.807) is 0 Å². The Morgan fingerprint density at radius 3 is 2.62 bits per heavy atom. The van der Waals surface area contributed by atoms with Gasteiger partial charge in [0.05, 0.1) is 11.0 Å². The lowest BCUT2D eigenvalue weighted by atomic mass is 9.87. The number of aryl methyl sites for hydroxylation is 1. The van der Waals surface area contributed by atoms with E-state index in [0.717, 1.165) is 23.8 Å². The normalized spacial score (nSPS) is 14.9. The molecule has 0 saturated heterocycles. The molecule has 0 unspecified atom stereocenters. The fourth-order valence-electron chi connectivity index (χ4n) is 4.34. The fraction of sp³-hybridized carbons (Fsp3) is 0.417. The van der Waals surface area contributed by atoms with Gasteiger partial charge in [0.25, 0.3) is 5.91 Å². The van der Waals surface area contributed by atoms with Gasteiger partial charge in [-0.25, -0.2) is 9.37 Å². The molecule has 29 heavy (non-hydrogen) atoms. The summed E-state index contributed by atoms with van der Waals surface area (Å²) in [6.45, 7) is 1.48. The van der Waals surface area contributed by atoms with Gasteiger partial charge in [0.2, 0.25) is 0 Å². The van der Waals surface area contributed by atoms with Gasteiger partial charge < -0.3 is 9.88 Å². The maximum atomic E-state index is 13.0. The summed E-state index contributed by atoms with van der Waals surface area (Å²) in [5.41, 5.74) is 2.65. The number of aromatic nitrogens is 2. The van der Waals surface area contributed by atoms with Gasteiger partial charge in [-0.3, -0.25) is 4.79 Å². The van der Waals surface area contributed by atoms with Gasteiger partial charge in [0.15, 0.2) is 0 Å². The van der Waals surface area contributed by atoms with Crippen LogP contribution in [-0.4, -0.2) is 22.0 Å². The smallest absolute Gasteiger partial charge is 0.251 e. The average molecular weight is 394 g/mol. The first-order valence-corrected chi connectivity index (χ1v) is 10.7. The lowest BCUT2D eigenvalue weighted by molar-refractivity contribution is 0.0954. The van der Waals surface area contributed by atoms with Crippen molar-refractivity contribution >= 4 is 16.9 Å². The third-order valence-corrected chi connectivity index (χ3v) is 5.96. The topological polar surface area (TPSA) is 46.9 Å². The highest BCUT2D eigenvalue weighted by Gasteiger charge is 2.16. The van der Waals surface area contributed by atoms with E-state index in [9.17, 15) is 9.18 Å². The third-order valence-electron chi connectivity index (χ3n) is 5.96. The van der Waals surface area contributed by atoms with Crippen molar-refractivity contribution in [3.63, 3.8) is 0 Å². The molecule has 1 fully saturated rings. The molecule has 2 aromatic carbocycles. The first-order valence-electron chi connectivity index (χ1n) is 10.7. The van der Waals surface area contributed by atoms with Crippen LogP contribution in [0.3, 0.4) is 0 Å². The molecular formula is C24H28FN3O. The Kier molecular flexibility index (Phi) is 6.23. The number of halogens is 1. The van der Waals surface area contributed by atoms with E-state index in [-0.39, 0.29) is 11.7 Å². The van der Waals surface area contributed by atoms with Gasteiger partial charge >= 0.3 is 0 Å². The summed E-state index contributed by atoms with van der Waals surface area (Å²) in [6.07, 6.45) is 8.64. The Morgan fingerprint density at radius 2 is 1.83 bits per heavy atom. The van der Waals surface area contributed by atoms with Crippen LogP contribution in [0.4, 0.5) is 4.39 Å². The van der Waals surface area contributed by atoms with Crippen LogP contribution in [0, 0.1) is 11.7 Å². The Bertz CT molecular complexity index is 958. The molecule has 1 saturated carbocycles. The van der Waals surface area contributed by atoms with Crippen molar-refractivity contribution in [3.8, 4) is 0 Å². The van der Waals surface area contributed by atoms with E-state index in [1.807, 2.05) is 12.1 Å². The van der Waals surface area contributed by atoms with Crippen LogP contribution in [0.25, 0.3) is 11.0 Å². The van der Waals surface area contributed by atoms with Crippen molar-refractivity contribution in [1.29, 1.82) is 0 Å². The molecule has 0 spiro atoms. The van der Waals surface area contributed by atoms with Crippen LogP contribution in [0.5, 0.6) is 0 Å². The molecule has 1 N–H and O–H groups in total. The van der Waals surface area contributed by atoms with Crippen molar-refractivity contribution in [2.45, 2.75) is 51.5 Å². The van der Waals surface area contributed by atoms with Gasteiger partial charge in [-0.1, -0.05) is 44.2 Å². The minimum absolute atomic E-state index is 0.185. The minimum Gasteiger partial charge on any atom is -0.352 e. The molecule has 4 rings (SSSR count). The van der Waals surface area contributed by atoms with Gasteiger partial charge in [0.1, 0.15) is 11.6 Å². The van der Waals surface area contributed by atoms with E-state index in [1.165, 1.54) is 68.3 Å². The van der Waals surface area contributed by atoms with Crippen LogP contribution < -0.4 is 5.32 Å². The standard InChI is InChI=1S/C24H28FN3O/c25-20-12-10-19(11-13-20)24(29)26-16-14-23-27-21-8-4-5-9-22(21)28(23)17-15-18-6-2-1-3-7-18/h4-5,8-13,18H,1-3,6-7,14-17H2,(H,26,29). The Morgan fingerprint density at radius 1 is 1.07 bits per heavy atom. The SMILES string of the molecule is O=C(NCCc1nc2ccccc2n1CCC1CCCCC1)c1ccc(F)cc1. The molecule has 3 aromatic rings. The van der Waals surface area contributed by atoms with E-state index in [4.69, 9.17) is 4.98 Å². The molecule has 1 aliphatic carbocycles. The van der Waals surface area contributed by atoms with Crippen molar-refractivity contribution in [1.82, 2.24) is 14.9 Å². The fourth-order valence-corrected chi connectivity index (χ4v) is 4.34. The van der Waals surface area contributed by atoms with Crippen LogP contribution in [0.15, 0.2) is 48.5 Å². The molecule has 5 heteroatoms. The number of carbonyl (C=O) groups excluding carboxylic acids is 1. The van der Waals surface area contributed by atoms with Crippen LogP contribution in [0.1, 0.15) is 54.7 Å². The number of rotatable bonds is 7. The zero-order valence-electron chi connectivity index (χ0n) is 16.7. The first-order chi connectivity index (χ1) is 14.2. The monoisotopic (exact) mass is 393 g/mol. The maximum absolute atomic E-state index is 13.0. The number of carbonyl (C=O) groups is 1. The second-order valence-electron chi connectivity index (χ2n) is 7.97. The summed E-state index contributed by atoms with van der Waals surface area (Å²) in [4.78, 5) is 17.1. The van der Waals surface area contributed by atoms with E-state index in [2.05, 4.69) is 22.0 Å². The Balaban J connectivity index is 1.42. The molecule has 1 heterocycles. The van der Waals surface area contributed by atoms with Crippen molar-refractivity contribution < 1.29 is 9.18 Å². The molecule has 0 atom stereocenters. The van der Waals surface area contributed by atoms with Gasteiger partial charge in [-0.05, 0) is 48.7 Å². The summed E-state index contributed by atoms with van der Waals surface area (Å²) in [6, 6.07) is 13.9. The minimum atomic E-state index is -0.340. The highest BCUT2D eigenvalue weighted by molar-refractivity contribution is 5.94. The molecule has 0 radical (unpaired) electrons. The van der Waals surface area contributed by atoms with Crippen LogP contribution >= 0.6 is 0 Å². The predicted octanol–water partition coefficient (Wildman–Crippen LogP) is 5.12. The number of amides is 1. The number of nitrogens with one attached hydrogen (secondary N) is 1. The summed E-state index contributed by atoms with van der Waals surface area (Å²) in [5, 5.41) is 2.93. The van der Waals surface area contributed by atoms with Crippen molar-refractivity contribution in [2.24, 2.45) is 5.92 Å². The van der Waals surface area contributed by atoms with Crippen molar-refractivity contribution in [2.75, 3.05) is 6.54 Å². The van der Waals surface area contributed by atoms with E-state index >= 15 is 0 Å². The number of hydrogen-bond donors (Lipinski definition) is 1. The number of nitrogens with zero attached hydrogens (tertiary/aromatic N) is 2. The van der Waals surface area contributed by atoms with Crippen LogP contribution in [0.2, 0.25) is 0 Å². The van der Waals surface area contributed by atoms with Crippen LogP contribution in [-0.2, 0) is 13.0 Å². The Labute approximate surface area is 171 Å². The predicted molar refractivity (Wildman–Crippen MR) is 113 cm³/mol. The molecule has 1 amide bonds. The van der Waals surface area contributed by atoms with Gasteiger partial charge in [0, 0.05) is 25.1 Å². The van der Waals surface area contributed by atoms with E-state index < -0.39 is 0 Å². The molecule has 0 aliphatic heterocycles. The lowest BCUT2D eigenvalue weighted by Crippen LogP contribution is -2.26. The number of benzene rings is 2. The zero-order valence-corrected chi connectivity index (χ0v) is 16.7. The van der Waals surface area contributed by atoms with Crippen molar-refractivity contribution in [3.05, 3.63) is 65.7 Å². The first kappa shape index (κ1) is 19.6. The number of imidazole rings is 1. The maximum Gasteiger partial charge on any atom is 0.251 e. The Hall–Kier alpha value is -2.69. The molecular weight excluding hydrogens is 365 g/mol. The molecule has 0 bridgehead atoms. The molecule has 1 aliphatic rings. The number of para-hydroxylation sites is 2. The quantitative estimate of drug-likeness (QED) is 0.606. The number of hydrogen-bond acceptors (Lipinski definition) is 2. The zero-order chi connectivity index (χ0) is 20.1. The average Bonchev–Trinajstić information content (AvgIpc) is 3.11. The van der Waals surface area contributed by atoms with E-state index in [0.29, 0.717) is 18.5 Å². The summed E-state index contributed by atoms with van der Waals surface area (Å²) >= 11 is 0. The van der Waals surface area contributed by atoms with Gasteiger partial charge in [-0.2, -0.15) is 0 Å². The summed E-state index contributed by atoms with van der Waals surface area (Å²) in [5.74, 6) is 1.31. The third kappa shape index (κ3) is 4.84. The van der Waals surface area contributed by atoms with Gasteiger partial charge in [-0.15, -0.1) is 0 Å². The second-order valence-corrected chi connectivity index (χ2v) is 7.97. The molecule has 152 valence electrons. The molecule has 1 aromatic heterocycles. The number of fused-ring (bicyclic) bond motifs is 1. The lowest BCUT2D eigenvalue weighted by Gasteiger charge is -2.22. The highest BCUT2D eigenvalue weighted by atomic mass is 19.1. The highest BCUT2D eigenvalue weighted by Crippen LogP contribution is 2.27. The summed E-state index contributed by atoms with van der Waals surface area (Å²) in [7, 11) is 0. The second kappa shape index (κ2) is 9.21. The molecule has 4 nitrogen and oxygen atoms in total. The largest absolute Gasteiger partial charge is 0.352 e.